The lowest BCUT2D eigenvalue weighted by molar-refractivity contribution is -0.304. The van der Waals surface area contributed by atoms with E-state index < -0.39 is 43.3 Å². The van der Waals surface area contributed by atoms with Gasteiger partial charge < -0.3 is 35.0 Å². The van der Waals surface area contributed by atoms with Crippen molar-refractivity contribution in [3.63, 3.8) is 0 Å². The number of aliphatic hydroxyl groups is 4. The number of carboxylic acid groups (broad SMARTS) is 1. The number of Topliss-reactive ketones (excluding diaryl/α,β-unsaturated/α-hetero) is 1. The van der Waals surface area contributed by atoms with Crippen LogP contribution in [-0.4, -0.2) is 74.6 Å². The third-order valence-corrected chi connectivity index (χ3v) is 5.30. The number of hydrogen-bond donors (Lipinski definition) is 5. The Balaban J connectivity index is 1.64. The topological polar surface area (TPSA) is 154 Å². The average Bonchev–Trinajstić information content (AvgIpc) is 2.81. The van der Waals surface area contributed by atoms with Crippen LogP contribution < -0.4 is 0 Å². The van der Waals surface area contributed by atoms with E-state index in [-0.39, 0.29) is 25.2 Å². The zero-order valence-corrected chi connectivity index (χ0v) is 17.2. The molecule has 172 valence electrons. The van der Waals surface area contributed by atoms with E-state index in [4.69, 9.17) is 14.6 Å². The van der Waals surface area contributed by atoms with Crippen molar-refractivity contribution in [2.75, 3.05) is 6.61 Å². The van der Waals surface area contributed by atoms with Gasteiger partial charge in [0.1, 0.15) is 24.4 Å². The van der Waals surface area contributed by atoms with Crippen molar-refractivity contribution in [3.05, 3.63) is 59.7 Å². The second kappa shape index (κ2) is 10.8. The summed E-state index contributed by atoms with van der Waals surface area (Å²) in [5.41, 5.74) is 2.89. The van der Waals surface area contributed by atoms with Crippen molar-refractivity contribution in [2.45, 2.75) is 50.2 Å². The minimum absolute atomic E-state index is 0.0439. The van der Waals surface area contributed by atoms with Crippen molar-refractivity contribution in [3.8, 4) is 11.1 Å². The molecule has 0 amide bonds. The van der Waals surface area contributed by atoms with Gasteiger partial charge >= 0.3 is 5.97 Å². The van der Waals surface area contributed by atoms with Crippen LogP contribution in [0.5, 0.6) is 0 Å². The first-order valence-electron chi connectivity index (χ1n) is 10.2. The molecule has 2 aromatic carbocycles. The third-order valence-electron chi connectivity index (χ3n) is 5.30. The van der Waals surface area contributed by atoms with Crippen LogP contribution in [0.1, 0.15) is 28.8 Å². The van der Waals surface area contributed by atoms with E-state index in [1.165, 1.54) is 0 Å². The normalized spacial score (nSPS) is 25.4. The van der Waals surface area contributed by atoms with E-state index in [0.717, 1.165) is 16.7 Å². The van der Waals surface area contributed by atoms with E-state index in [1.807, 2.05) is 18.2 Å². The molecule has 9 nitrogen and oxygen atoms in total. The molecule has 5 N–H and O–H groups in total. The summed E-state index contributed by atoms with van der Waals surface area (Å²) in [6, 6.07) is 14.2. The van der Waals surface area contributed by atoms with Crippen molar-refractivity contribution in [1.29, 1.82) is 0 Å². The molecule has 9 heteroatoms. The second-order valence-electron chi connectivity index (χ2n) is 7.60. The first kappa shape index (κ1) is 24.0. The number of aliphatic carboxylic acids is 1. The molecule has 0 aliphatic carbocycles. The summed E-state index contributed by atoms with van der Waals surface area (Å²) in [7, 11) is 0. The molecule has 1 aliphatic heterocycles. The highest BCUT2D eigenvalue weighted by atomic mass is 16.7. The Morgan fingerprint density at radius 1 is 0.906 bits per heavy atom. The number of carbonyl (C=O) groups is 2. The van der Waals surface area contributed by atoms with Crippen molar-refractivity contribution >= 4 is 11.8 Å². The largest absolute Gasteiger partial charge is 0.481 e. The lowest BCUT2D eigenvalue weighted by Crippen LogP contribution is -2.59. The Labute approximate surface area is 184 Å². The van der Waals surface area contributed by atoms with Gasteiger partial charge in [0.25, 0.3) is 0 Å². The molecule has 0 bridgehead atoms. The SMILES string of the molecule is O=C(O)CCC(=O)c1ccc(-c2cccc(COC3OC(CO)C(O)C(O)C3O)c2)cc1. The molecule has 0 spiro atoms. The van der Waals surface area contributed by atoms with E-state index in [0.29, 0.717) is 5.56 Å². The molecule has 5 unspecified atom stereocenters. The minimum atomic E-state index is -1.51. The van der Waals surface area contributed by atoms with Gasteiger partial charge in [-0.25, -0.2) is 0 Å². The Hall–Kier alpha value is -2.66. The fourth-order valence-electron chi connectivity index (χ4n) is 3.44. The summed E-state index contributed by atoms with van der Waals surface area (Å²) in [5.74, 6) is -1.25. The summed E-state index contributed by atoms with van der Waals surface area (Å²) in [4.78, 5) is 22.7. The zero-order valence-electron chi connectivity index (χ0n) is 17.2. The van der Waals surface area contributed by atoms with Crippen LogP contribution in [0.2, 0.25) is 0 Å². The predicted octanol–water partition coefficient (Wildman–Crippen LogP) is 0.718. The predicted molar refractivity (Wildman–Crippen MR) is 112 cm³/mol. The molecule has 5 atom stereocenters. The Morgan fingerprint density at radius 2 is 1.62 bits per heavy atom. The van der Waals surface area contributed by atoms with E-state index >= 15 is 0 Å². The number of rotatable bonds is 9. The van der Waals surface area contributed by atoms with E-state index in [2.05, 4.69) is 0 Å². The van der Waals surface area contributed by atoms with Crippen LogP contribution >= 0.6 is 0 Å². The summed E-state index contributed by atoms with van der Waals surface area (Å²) in [6.45, 7) is -0.489. The quantitative estimate of drug-likeness (QED) is 0.351. The van der Waals surface area contributed by atoms with Gasteiger partial charge in [0.15, 0.2) is 12.1 Å². The zero-order chi connectivity index (χ0) is 23.3. The van der Waals surface area contributed by atoms with Crippen LogP contribution in [0, 0.1) is 0 Å². The second-order valence-corrected chi connectivity index (χ2v) is 7.60. The van der Waals surface area contributed by atoms with E-state index in [9.17, 15) is 30.0 Å². The fourth-order valence-corrected chi connectivity index (χ4v) is 3.44. The number of benzene rings is 2. The number of ether oxygens (including phenoxy) is 2. The smallest absolute Gasteiger partial charge is 0.303 e. The molecular weight excluding hydrogens is 420 g/mol. The van der Waals surface area contributed by atoms with Crippen molar-refractivity contribution in [1.82, 2.24) is 0 Å². The molecule has 1 saturated heterocycles. The van der Waals surface area contributed by atoms with Gasteiger partial charge in [0.05, 0.1) is 19.6 Å². The summed E-state index contributed by atoms with van der Waals surface area (Å²) >= 11 is 0. The van der Waals surface area contributed by atoms with Gasteiger partial charge in [0.2, 0.25) is 0 Å². The van der Waals surface area contributed by atoms with Gasteiger partial charge in [-0.05, 0) is 22.8 Å². The van der Waals surface area contributed by atoms with Gasteiger partial charge in [-0.2, -0.15) is 0 Å². The first-order valence-corrected chi connectivity index (χ1v) is 10.2. The first-order chi connectivity index (χ1) is 15.3. The molecule has 0 saturated carbocycles. The number of carboxylic acids is 1. The third kappa shape index (κ3) is 5.77. The maximum absolute atomic E-state index is 12.0. The summed E-state index contributed by atoms with van der Waals surface area (Å²) in [6.07, 6.45) is -6.95. The standard InChI is InChI=1S/C23H26O9/c24-11-18-20(28)21(29)22(30)23(32-18)31-12-13-2-1-3-16(10-13)14-4-6-15(7-5-14)17(25)8-9-19(26)27/h1-7,10,18,20-24,28-30H,8-9,11-12H2,(H,26,27). The molecule has 32 heavy (non-hydrogen) atoms. The molecule has 1 aliphatic rings. The summed E-state index contributed by atoms with van der Waals surface area (Å²) in [5, 5.41) is 47.7. The highest BCUT2D eigenvalue weighted by molar-refractivity contribution is 5.97. The molecule has 0 aromatic heterocycles. The maximum Gasteiger partial charge on any atom is 0.303 e. The molecule has 1 heterocycles. The number of aliphatic hydroxyl groups excluding tert-OH is 4. The number of hydrogen-bond acceptors (Lipinski definition) is 8. The van der Waals surface area contributed by atoms with Gasteiger partial charge in [0, 0.05) is 12.0 Å². The van der Waals surface area contributed by atoms with Crippen LogP contribution in [0.25, 0.3) is 11.1 Å². The molecule has 3 rings (SSSR count). The number of carbonyl (C=O) groups excluding carboxylic acids is 1. The van der Waals surface area contributed by atoms with Gasteiger partial charge in [-0.1, -0.05) is 42.5 Å². The van der Waals surface area contributed by atoms with Gasteiger partial charge in [-0.15, -0.1) is 0 Å². The molecule has 2 aromatic rings. The Morgan fingerprint density at radius 3 is 2.28 bits per heavy atom. The highest BCUT2D eigenvalue weighted by Crippen LogP contribution is 2.25. The lowest BCUT2D eigenvalue weighted by atomic mass is 9.99. The molecular formula is C23H26O9. The molecule has 1 fully saturated rings. The minimum Gasteiger partial charge on any atom is -0.481 e. The lowest BCUT2D eigenvalue weighted by Gasteiger charge is -2.39. The van der Waals surface area contributed by atoms with Crippen LogP contribution in [0.3, 0.4) is 0 Å². The van der Waals surface area contributed by atoms with Crippen LogP contribution in [0.15, 0.2) is 48.5 Å². The van der Waals surface area contributed by atoms with E-state index in [1.54, 1.807) is 30.3 Å². The highest BCUT2D eigenvalue weighted by Gasteiger charge is 2.43. The number of ketones is 1. The summed E-state index contributed by atoms with van der Waals surface area (Å²) < 4.78 is 10.9. The monoisotopic (exact) mass is 446 g/mol. The van der Waals surface area contributed by atoms with Crippen LogP contribution in [0.4, 0.5) is 0 Å². The van der Waals surface area contributed by atoms with Gasteiger partial charge in [-0.3, -0.25) is 9.59 Å². The molecule has 0 radical (unpaired) electrons. The van der Waals surface area contributed by atoms with Crippen LogP contribution in [-0.2, 0) is 20.9 Å². The maximum atomic E-state index is 12.0. The van der Waals surface area contributed by atoms with Crippen molar-refractivity contribution < 1.29 is 44.6 Å². The van der Waals surface area contributed by atoms with Crippen molar-refractivity contribution in [2.24, 2.45) is 0 Å². The Kier molecular flexibility index (Phi) is 8.08. The average molecular weight is 446 g/mol. The fraction of sp³-hybridized carbons (Fsp3) is 0.391. The Bertz CT molecular complexity index is 925.